The standard InChI is InChI=1S/C23H22N2O3/c1-14-9-19-21(12-22(14)28-3)25-20-11-17(27-2)7-8-18(20)23(19)24-16-6-4-5-15(10-16)13-26/h4-12,26H,13H2,1-3H3,(H,24,25). The van der Waals surface area contributed by atoms with Gasteiger partial charge in [-0.3, -0.25) is 0 Å². The fraction of sp³-hybridized carbons (Fsp3) is 0.174. The summed E-state index contributed by atoms with van der Waals surface area (Å²) < 4.78 is 10.9. The van der Waals surface area contributed by atoms with Gasteiger partial charge in [-0.2, -0.15) is 0 Å². The third kappa shape index (κ3) is 3.21. The second-order valence-corrected chi connectivity index (χ2v) is 6.69. The average molecular weight is 374 g/mol. The summed E-state index contributed by atoms with van der Waals surface area (Å²) in [4.78, 5) is 4.83. The van der Waals surface area contributed by atoms with Gasteiger partial charge in [0.2, 0.25) is 0 Å². The number of hydrogen-bond acceptors (Lipinski definition) is 5. The molecule has 1 heterocycles. The van der Waals surface area contributed by atoms with Crippen LogP contribution in [0.1, 0.15) is 11.1 Å². The first kappa shape index (κ1) is 18.1. The molecule has 142 valence electrons. The fourth-order valence-corrected chi connectivity index (χ4v) is 3.43. The molecule has 0 fully saturated rings. The Labute approximate surface area is 163 Å². The number of ether oxygens (including phenoxy) is 2. The van der Waals surface area contributed by atoms with Crippen LogP contribution in [0.25, 0.3) is 21.8 Å². The van der Waals surface area contributed by atoms with Gasteiger partial charge in [0.05, 0.1) is 37.5 Å². The molecular formula is C23H22N2O3. The van der Waals surface area contributed by atoms with Crippen molar-refractivity contribution in [2.45, 2.75) is 13.5 Å². The molecule has 0 atom stereocenters. The molecule has 0 aliphatic heterocycles. The Morgan fingerprint density at radius 2 is 1.75 bits per heavy atom. The Hall–Kier alpha value is -3.31. The van der Waals surface area contributed by atoms with Crippen LogP contribution in [0.2, 0.25) is 0 Å². The van der Waals surface area contributed by atoms with Gasteiger partial charge in [-0.1, -0.05) is 12.1 Å². The van der Waals surface area contributed by atoms with E-state index in [1.165, 1.54) is 0 Å². The zero-order chi connectivity index (χ0) is 19.7. The van der Waals surface area contributed by atoms with Gasteiger partial charge >= 0.3 is 0 Å². The Balaban J connectivity index is 1.99. The Morgan fingerprint density at radius 3 is 2.50 bits per heavy atom. The number of aromatic nitrogens is 1. The summed E-state index contributed by atoms with van der Waals surface area (Å²) in [6, 6.07) is 17.7. The maximum absolute atomic E-state index is 9.46. The molecule has 4 rings (SSSR count). The molecule has 4 aromatic rings. The summed E-state index contributed by atoms with van der Waals surface area (Å²) in [5.41, 5.74) is 5.43. The molecule has 0 saturated heterocycles. The first-order valence-electron chi connectivity index (χ1n) is 9.06. The first-order chi connectivity index (χ1) is 13.6. The number of aliphatic hydroxyl groups is 1. The quantitative estimate of drug-likeness (QED) is 0.484. The molecule has 2 N–H and O–H groups in total. The highest BCUT2D eigenvalue weighted by Gasteiger charge is 2.13. The van der Waals surface area contributed by atoms with Crippen molar-refractivity contribution in [3.05, 3.63) is 65.7 Å². The highest BCUT2D eigenvalue weighted by atomic mass is 16.5. The van der Waals surface area contributed by atoms with E-state index in [9.17, 15) is 5.11 Å². The Bertz CT molecular complexity index is 1170. The lowest BCUT2D eigenvalue weighted by Gasteiger charge is -2.16. The molecule has 0 saturated carbocycles. The molecule has 0 radical (unpaired) electrons. The number of aryl methyl sites for hydroxylation is 1. The molecule has 0 aliphatic rings. The predicted molar refractivity (Wildman–Crippen MR) is 113 cm³/mol. The third-order valence-electron chi connectivity index (χ3n) is 4.88. The molecule has 5 nitrogen and oxygen atoms in total. The lowest BCUT2D eigenvalue weighted by atomic mass is 10.0. The van der Waals surface area contributed by atoms with Gasteiger partial charge in [-0.05, 0) is 48.4 Å². The molecule has 0 bridgehead atoms. The van der Waals surface area contributed by atoms with Crippen molar-refractivity contribution >= 4 is 33.2 Å². The highest BCUT2D eigenvalue weighted by molar-refractivity contribution is 6.09. The van der Waals surface area contributed by atoms with Crippen molar-refractivity contribution < 1.29 is 14.6 Å². The number of methoxy groups -OCH3 is 2. The summed E-state index contributed by atoms with van der Waals surface area (Å²) in [5, 5.41) is 15.0. The van der Waals surface area contributed by atoms with Gasteiger partial charge in [-0.25, -0.2) is 4.98 Å². The van der Waals surface area contributed by atoms with Crippen LogP contribution in [0.4, 0.5) is 11.4 Å². The second kappa shape index (κ2) is 7.37. The highest BCUT2D eigenvalue weighted by Crippen LogP contribution is 2.37. The van der Waals surface area contributed by atoms with Crippen LogP contribution < -0.4 is 14.8 Å². The van der Waals surface area contributed by atoms with E-state index in [-0.39, 0.29) is 6.61 Å². The zero-order valence-electron chi connectivity index (χ0n) is 16.1. The minimum Gasteiger partial charge on any atom is -0.497 e. The van der Waals surface area contributed by atoms with E-state index in [2.05, 4.69) is 11.4 Å². The number of hydrogen-bond donors (Lipinski definition) is 2. The SMILES string of the molecule is COc1ccc2c(Nc3cccc(CO)c3)c3cc(C)c(OC)cc3nc2c1. The summed E-state index contributed by atoms with van der Waals surface area (Å²) in [6.45, 7) is 2.02. The van der Waals surface area contributed by atoms with Crippen LogP contribution in [0, 0.1) is 6.92 Å². The van der Waals surface area contributed by atoms with Crippen LogP contribution in [0.5, 0.6) is 11.5 Å². The van der Waals surface area contributed by atoms with E-state index < -0.39 is 0 Å². The van der Waals surface area contributed by atoms with Crippen LogP contribution in [-0.2, 0) is 6.61 Å². The molecule has 28 heavy (non-hydrogen) atoms. The number of aliphatic hydroxyl groups excluding tert-OH is 1. The van der Waals surface area contributed by atoms with E-state index in [1.54, 1.807) is 14.2 Å². The molecule has 0 amide bonds. The average Bonchev–Trinajstić information content (AvgIpc) is 2.73. The van der Waals surface area contributed by atoms with Crippen molar-refractivity contribution in [3.8, 4) is 11.5 Å². The molecule has 0 spiro atoms. The predicted octanol–water partition coefficient (Wildman–Crippen LogP) is 4.95. The maximum atomic E-state index is 9.46. The Morgan fingerprint density at radius 1 is 0.929 bits per heavy atom. The van der Waals surface area contributed by atoms with Crippen LogP contribution in [0.15, 0.2) is 54.6 Å². The smallest absolute Gasteiger partial charge is 0.123 e. The minimum absolute atomic E-state index is 0.000860. The fourth-order valence-electron chi connectivity index (χ4n) is 3.43. The van der Waals surface area contributed by atoms with Gasteiger partial charge < -0.3 is 19.9 Å². The number of pyridine rings is 1. The lowest BCUT2D eigenvalue weighted by molar-refractivity contribution is 0.282. The number of benzene rings is 3. The van der Waals surface area contributed by atoms with Crippen LogP contribution in [0.3, 0.4) is 0 Å². The molecule has 1 aromatic heterocycles. The van der Waals surface area contributed by atoms with E-state index in [0.717, 1.165) is 55.8 Å². The van der Waals surface area contributed by atoms with Gasteiger partial charge in [0.15, 0.2) is 0 Å². The van der Waals surface area contributed by atoms with Gasteiger partial charge in [0, 0.05) is 28.6 Å². The van der Waals surface area contributed by atoms with Crippen molar-refractivity contribution in [2.24, 2.45) is 0 Å². The van der Waals surface area contributed by atoms with Crippen LogP contribution >= 0.6 is 0 Å². The van der Waals surface area contributed by atoms with E-state index in [4.69, 9.17) is 14.5 Å². The molecule has 0 aliphatic carbocycles. The van der Waals surface area contributed by atoms with E-state index >= 15 is 0 Å². The largest absolute Gasteiger partial charge is 0.497 e. The number of nitrogens with one attached hydrogen (secondary N) is 1. The normalized spacial score (nSPS) is 11.0. The Kier molecular flexibility index (Phi) is 4.75. The maximum Gasteiger partial charge on any atom is 0.123 e. The molecule has 5 heteroatoms. The van der Waals surface area contributed by atoms with Crippen molar-refractivity contribution in [1.29, 1.82) is 0 Å². The monoisotopic (exact) mass is 374 g/mol. The van der Waals surface area contributed by atoms with Crippen LogP contribution in [-0.4, -0.2) is 24.3 Å². The van der Waals surface area contributed by atoms with E-state index in [0.29, 0.717) is 0 Å². The summed E-state index contributed by atoms with van der Waals surface area (Å²) in [7, 11) is 3.31. The minimum atomic E-state index is 0.000860. The summed E-state index contributed by atoms with van der Waals surface area (Å²) in [6.07, 6.45) is 0. The first-order valence-corrected chi connectivity index (χ1v) is 9.06. The summed E-state index contributed by atoms with van der Waals surface area (Å²) in [5.74, 6) is 1.56. The summed E-state index contributed by atoms with van der Waals surface area (Å²) >= 11 is 0. The number of nitrogens with zero attached hydrogens (tertiary/aromatic N) is 1. The molecule has 0 unspecified atom stereocenters. The van der Waals surface area contributed by atoms with Crippen molar-refractivity contribution in [2.75, 3.05) is 19.5 Å². The number of anilines is 2. The van der Waals surface area contributed by atoms with Gasteiger partial charge in [0.25, 0.3) is 0 Å². The molecular weight excluding hydrogens is 352 g/mol. The third-order valence-corrected chi connectivity index (χ3v) is 4.88. The lowest BCUT2D eigenvalue weighted by Crippen LogP contribution is -1.98. The zero-order valence-corrected chi connectivity index (χ0v) is 16.1. The van der Waals surface area contributed by atoms with Crippen molar-refractivity contribution in [3.63, 3.8) is 0 Å². The van der Waals surface area contributed by atoms with Gasteiger partial charge in [0.1, 0.15) is 11.5 Å². The van der Waals surface area contributed by atoms with Gasteiger partial charge in [-0.15, -0.1) is 0 Å². The second-order valence-electron chi connectivity index (χ2n) is 6.69. The number of rotatable bonds is 5. The topological polar surface area (TPSA) is 63.6 Å². The van der Waals surface area contributed by atoms with Crippen molar-refractivity contribution in [1.82, 2.24) is 4.98 Å². The van der Waals surface area contributed by atoms with E-state index in [1.807, 2.05) is 55.5 Å². The number of fused-ring (bicyclic) bond motifs is 2. The molecule has 3 aromatic carbocycles.